The third kappa shape index (κ3) is 2.61. The van der Waals surface area contributed by atoms with Gasteiger partial charge in [0.05, 0.1) is 23.4 Å². The maximum absolute atomic E-state index is 12.0. The first-order valence-electron chi connectivity index (χ1n) is 7.30. The van der Waals surface area contributed by atoms with Gasteiger partial charge in [0.25, 0.3) is 0 Å². The van der Waals surface area contributed by atoms with E-state index in [0.717, 1.165) is 43.1 Å². The number of hydrogen-bond donors (Lipinski definition) is 2. The number of carbonyl (C=O) groups excluding carboxylic acids is 1. The highest BCUT2D eigenvalue weighted by Crippen LogP contribution is 2.39. The Morgan fingerprint density at radius 3 is 3.00 bits per heavy atom. The summed E-state index contributed by atoms with van der Waals surface area (Å²) in [6, 6.07) is 3.88. The number of benzene rings is 1. The lowest BCUT2D eigenvalue weighted by atomic mass is 10.1. The molecule has 1 fully saturated rings. The molecule has 0 bridgehead atoms. The van der Waals surface area contributed by atoms with Crippen LogP contribution < -0.4 is 15.5 Å². The Balaban J connectivity index is 1.92. The van der Waals surface area contributed by atoms with Gasteiger partial charge in [-0.25, -0.2) is 0 Å². The topological polar surface area (TPSA) is 53.6 Å². The molecule has 0 spiro atoms. The first-order chi connectivity index (χ1) is 10.1. The van der Waals surface area contributed by atoms with Gasteiger partial charge in [-0.05, 0) is 25.1 Å². The standard InChI is InChI=1S/C15H20ClN3O2/c1-3-17-14-10-6-11(16)13(7-12(10)18-15(14)20)19(2)9-4-5-21-8-9/h6-7,9,14,17H,3-5,8H2,1-2H3,(H,18,20). The van der Waals surface area contributed by atoms with Crippen molar-refractivity contribution in [3.8, 4) is 0 Å². The van der Waals surface area contributed by atoms with Crippen LogP contribution in [0.1, 0.15) is 24.9 Å². The number of nitrogens with one attached hydrogen (secondary N) is 2. The molecule has 2 unspecified atom stereocenters. The van der Waals surface area contributed by atoms with E-state index in [4.69, 9.17) is 16.3 Å². The predicted octanol–water partition coefficient (Wildman–Crippen LogP) is 2.17. The van der Waals surface area contributed by atoms with Crippen molar-refractivity contribution in [1.29, 1.82) is 0 Å². The van der Waals surface area contributed by atoms with Crippen molar-refractivity contribution in [2.75, 3.05) is 37.0 Å². The summed E-state index contributed by atoms with van der Waals surface area (Å²) in [5, 5.41) is 6.77. The quantitative estimate of drug-likeness (QED) is 0.895. The molecule has 1 saturated heterocycles. The number of fused-ring (bicyclic) bond motifs is 1. The molecule has 2 aliphatic heterocycles. The minimum Gasteiger partial charge on any atom is -0.379 e. The average Bonchev–Trinajstić information content (AvgIpc) is 3.08. The Labute approximate surface area is 129 Å². The van der Waals surface area contributed by atoms with E-state index in [1.54, 1.807) is 0 Å². The maximum atomic E-state index is 12.0. The molecule has 1 amide bonds. The highest BCUT2D eigenvalue weighted by molar-refractivity contribution is 6.33. The van der Waals surface area contributed by atoms with Crippen LogP contribution in [0.25, 0.3) is 0 Å². The number of nitrogens with zero attached hydrogens (tertiary/aromatic N) is 1. The van der Waals surface area contributed by atoms with E-state index in [9.17, 15) is 4.79 Å². The molecule has 1 aromatic rings. The van der Waals surface area contributed by atoms with E-state index in [1.807, 2.05) is 26.1 Å². The highest BCUT2D eigenvalue weighted by Gasteiger charge is 2.32. The van der Waals surface area contributed by atoms with Gasteiger partial charge in [0.1, 0.15) is 6.04 Å². The van der Waals surface area contributed by atoms with Crippen molar-refractivity contribution >= 4 is 28.9 Å². The lowest BCUT2D eigenvalue weighted by molar-refractivity contribution is -0.117. The predicted molar refractivity (Wildman–Crippen MR) is 84.1 cm³/mol. The normalized spacial score (nSPS) is 24.0. The molecular weight excluding hydrogens is 290 g/mol. The SMILES string of the molecule is CCNC1C(=O)Nc2cc(N(C)C3CCOC3)c(Cl)cc21. The Kier molecular flexibility index (Phi) is 4.06. The minimum atomic E-state index is -0.309. The van der Waals surface area contributed by atoms with Crippen LogP contribution in [0.3, 0.4) is 0 Å². The van der Waals surface area contributed by atoms with Gasteiger partial charge < -0.3 is 20.3 Å². The summed E-state index contributed by atoms with van der Waals surface area (Å²) in [5.74, 6) is -0.0214. The molecule has 2 heterocycles. The smallest absolute Gasteiger partial charge is 0.246 e. The molecule has 2 atom stereocenters. The number of rotatable bonds is 4. The molecular formula is C15H20ClN3O2. The summed E-state index contributed by atoms with van der Waals surface area (Å²) in [4.78, 5) is 14.2. The van der Waals surface area contributed by atoms with Crippen molar-refractivity contribution in [2.24, 2.45) is 0 Å². The van der Waals surface area contributed by atoms with Crippen LogP contribution >= 0.6 is 11.6 Å². The summed E-state index contributed by atoms with van der Waals surface area (Å²) in [6.45, 7) is 4.22. The van der Waals surface area contributed by atoms with Gasteiger partial charge in [-0.1, -0.05) is 18.5 Å². The first kappa shape index (κ1) is 14.6. The van der Waals surface area contributed by atoms with Crippen LogP contribution in [0.5, 0.6) is 0 Å². The van der Waals surface area contributed by atoms with E-state index < -0.39 is 0 Å². The Morgan fingerprint density at radius 2 is 2.33 bits per heavy atom. The third-order valence-corrected chi connectivity index (χ3v) is 4.49. The number of halogens is 1. The monoisotopic (exact) mass is 309 g/mol. The second-order valence-corrected chi connectivity index (χ2v) is 5.91. The fourth-order valence-corrected chi connectivity index (χ4v) is 3.28. The lowest BCUT2D eigenvalue weighted by Gasteiger charge is -2.27. The molecule has 0 radical (unpaired) electrons. The number of amides is 1. The number of likely N-dealkylation sites (N-methyl/N-ethyl adjacent to an activating group) is 2. The molecule has 2 N–H and O–H groups in total. The fraction of sp³-hybridized carbons (Fsp3) is 0.533. The van der Waals surface area contributed by atoms with Crippen LogP contribution in [0, 0.1) is 0 Å². The second kappa shape index (κ2) is 5.83. The summed E-state index contributed by atoms with van der Waals surface area (Å²) in [5.41, 5.74) is 2.70. The van der Waals surface area contributed by atoms with E-state index >= 15 is 0 Å². The molecule has 0 saturated carbocycles. The Hall–Kier alpha value is -1.30. The van der Waals surface area contributed by atoms with E-state index in [2.05, 4.69) is 15.5 Å². The number of ether oxygens (including phenoxy) is 1. The van der Waals surface area contributed by atoms with E-state index in [1.165, 1.54) is 0 Å². The molecule has 1 aromatic carbocycles. The highest BCUT2D eigenvalue weighted by atomic mass is 35.5. The van der Waals surface area contributed by atoms with Crippen LogP contribution in [-0.2, 0) is 9.53 Å². The van der Waals surface area contributed by atoms with Crippen molar-refractivity contribution in [2.45, 2.75) is 25.4 Å². The van der Waals surface area contributed by atoms with Gasteiger partial charge >= 0.3 is 0 Å². The van der Waals surface area contributed by atoms with Crippen molar-refractivity contribution in [3.05, 3.63) is 22.7 Å². The lowest BCUT2D eigenvalue weighted by Crippen LogP contribution is -2.32. The Morgan fingerprint density at radius 1 is 1.52 bits per heavy atom. The zero-order chi connectivity index (χ0) is 15.0. The van der Waals surface area contributed by atoms with Gasteiger partial charge in [-0.3, -0.25) is 4.79 Å². The van der Waals surface area contributed by atoms with Gasteiger partial charge in [0.2, 0.25) is 5.91 Å². The van der Waals surface area contributed by atoms with E-state index in [-0.39, 0.29) is 11.9 Å². The molecule has 5 nitrogen and oxygen atoms in total. The van der Waals surface area contributed by atoms with Crippen molar-refractivity contribution < 1.29 is 9.53 Å². The largest absolute Gasteiger partial charge is 0.379 e. The van der Waals surface area contributed by atoms with Crippen molar-refractivity contribution in [1.82, 2.24) is 5.32 Å². The number of carbonyl (C=O) groups is 1. The molecule has 6 heteroatoms. The van der Waals surface area contributed by atoms with Crippen LogP contribution in [0.15, 0.2) is 12.1 Å². The Bertz CT molecular complexity index is 558. The van der Waals surface area contributed by atoms with Gasteiger partial charge in [-0.2, -0.15) is 0 Å². The molecule has 21 heavy (non-hydrogen) atoms. The molecule has 0 aromatic heterocycles. The molecule has 2 aliphatic rings. The average molecular weight is 310 g/mol. The number of hydrogen-bond acceptors (Lipinski definition) is 4. The van der Waals surface area contributed by atoms with Crippen LogP contribution in [-0.4, -0.2) is 38.8 Å². The van der Waals surface area contributed by atoms with Crippen molar-refractivity contribution in [3.63, 3.8) is 0 Å². The number of anilines is 2. The zero-order valence-corrected chi connectivity index (χ0v) is 13.0. The summed E-state index contributed by atoms with van der Waals surface area (Å²) >= 11 is 6.45. The summed E-state index contributed by atoms with van der Waals surface area (Å²) in [6.07, 6.45) is 0.996. The van der Waals surface area contributed by atoms with Gasteiger partial charge in [0, 0.05) is 24.9 Å². The minimum absolute atomic E-state index is 0.0214. The molecule has 114 valence electrons. The zero-order valence-electron chi connectivity index (χ0n) is 12.3. The third-order valence-electron chi connectivity index (χ3n) is 4.19. The van der Waals surface area contributed by atoms with E-state index in [0.29, 0.717) is 11.1 Å². The van der Waals surface area contributed by atoms with Gasteiger partial charge in [-0.15, -0.1) is 0 Å². The van der Waals surface area contributed by atoms with Crippen LogP contribution in [0.4, 0.5) is 11.4 Å². The van der Waals surface area contributed by atoms with Gasteiger partial charge in [0.15, 0.2) is 0 Å². The van der Waals surface area contributed by atoms with Crippen LogP contribution in [0.2, 0.25) is 5.02 Å². The maximum Gasteiger partial charge on any atom is 0.246 e. The fourth-order valence-electron chi connectivity index (χ4n) is 2.97. The summed E-state index contributed by atoms with van der Waals surface area (Å²) in [7, 11) is 2.02. The molecule has 3 rings (SSSR count). The second-order valence-electron chi connectivity index (χ2n) is 5.50. The molecule has 0 aliphatic carbocycles. The first-order valence-corrected chi connectivity index (χ1v) is 7.68. The summed E-state index contributed by atoms with van der Waals surface area (Å²) < 4.78 is 5.43.